The summed E-state index contributed by atoms with van der Waals surface area (Å²) < 4.78 is 31.2. The van der Waals surface area contributed by atoms with Crippen molar-refractivity contribution < 1.29 is 52.4 Å². The molecule has 3 amide bonds. The lowest BCUT2D eigenvalue weighted by molar-refractivity contribution is -0.154. The third kappa shape index (κ3) is 15.7. The van der Waals surface area contributed by atoms with Gasteiger partial charge in [0.15, 0.2) is 5.78 Å². The molecule has 0 bridgehead atoms. The van der Waals surface area contributed by atoms with Gasteiger partial charge in [0.25, 0.3) is 0 Å². The molecule has 0 saturated heterocycles. The number of Topliss-reactive ketones (excluding diaryl/α,β-unsaturated/α-hetero) is 1. The van der Waals surface area contributed by atoms with Crippen molar-refractivity contribution in [3.05, 3.63) is 29.8 Å². The predicted octanol–water partition coefficient (Wildman–Crippen LogP) is 4.21. The van der Waals surface area contributed by atoms with Crippen LogP contribution in [0, 0.1) is 41.4 Å². The average molecular weight is 716 g/mol. The van der Waals surface area contributed by atoms with Crippen molar-refractivity contribution in [3.63, 3.8) is 0 Å². The number of benzene rings is 1. The van der Waals surface area contributed by atoms with Gasteiger partial charge < -0.3 is 44.4 Å². The van der Waals surface area contributed by atoms with E-state index < -0.39 is 30.1 Å². The molecule has 0 aromatic heterocycles. The Morgan fingerprint density at radius 3 is 2.22 bits per heavy atom. The molecular formula is C37H53N3O11. The number of alkyl carbamates (subject to hydrolysis) is 2. The molecule has 0 heterocycles. The van der Waals surface area contributed by atoms with E-state index in [-0.39, 0.29) is 77.0 Å². The summed E-state index contributed by atoms with van der Waals surface area (Å²) in [5, 5.41) is 8.06. The summed E-state index contributed by atoms with van der Waals surface area (Å²) in [6.07, 6.45) is 2.66. The predicted molar refractivity (Wildman–Crippen MR) is 186 cm³/mol. The van der Waals surface area contributed by atoms with Crippen LogP contribution in [-0.2, 0) is 49.4 Å². The lowest BCUT2D eigenvalue weighted by Gasteiger charge is -2.22. The summed E-state index contributed by atoms with van der Waals surface area (Å²) in [5.41, 5.74) is 1.38. The van der Waals surface area contributed by atoms with Crippen LogP contribution in [0.4, 0.5) is 15.3 Å². The molecule has 14 nitrogen and oxygen atoms in total. The molecule has 0 radical (unpaired) electrons. The number of rotatable bonds is 22. The number of ether oxygens (including phenoxy) is 6. The fraction of sp³-hybridized carbons (Fsp3) is 0.649. The Balaban J connectivity index is 1.24. The molecule has 3 N–H and O–H groups in total. The molecule has 14 heteroatoms. The van der Waals surface area contributed by atoms with E-state index in [4.69, 9.17) is 28.4 Å². The molecule has 1 saturated carbocycles. The van der Waals surface area contributed by atoms with Gasteiger partial charge in [-0.3, -0.25) is 9.59 Å². The van der Waals surface area contributed by atoms with E-state index >= 15 is 0 Å². The number of carbonyl (C=O) groups excluding carboxylic acids is 5. The van der Waals surface area contributed by atoms with Crippen LogP contribution in [0.25, 0.3) is 0 Å². The highest BCUT2D eigenvalue weighted by Gasteiger charge is 2.49. The third-order valence-electron chi connectivity index (χ3n) is 8.65. The fourth-order valence-corrected chi connectivity index (χ4v) is 5.83. The van der Waals surface area contributed by atoms with E-state index in [9.17, 15) is 24.0 Å². The third-order valence-corrected chi connectivity index (χ3v) is 8.65. The number of hydrogen-bond acceptors (Lipinski definition) is 11. The quantitative estimate of drug-likeness (QED) is 0.0516. The second-order valence-electron chi connectivity index (χ2n) is 12.9. The maximum absolute atomic E-state index is 13.1. The largest absolute Gasteiger partial charge is 0.464 e. The number of amides is 3. The van der Waals surface area contributed by atoms with Gasteiger partial charge in [-0.1, -0.05) is 32.9 Å². The number of fused-ring (bicyclic) bond motifs is 1. The van der Waals surface area contributed by atoms with Crippen molar-refractivity contribution in [1.29, 1.82) is 0 Å². The van der Waals surface area contributed by atoms with Crippen LogP contribution in [0.3, 0.4) is 0 Å². The highest BCUT2D eigenvalue weighted by Crippen LogP contribution is 2.52. The van der Waals surface area contributed by atoms with Gasteiger partial charge in [0.1, 0.15) is 20.0 Å². The second-order valence-corrected chi connectivity index (χ2v) is 12.9. The summed E-state index contributed by atoms with van der Waals surface area (Å²) in [6, 6.07) is 6.14. The molecule has 1 aromatic carbocycles. The van der Waals surface area contributed by atoms with Crippen LogP contribution in [0.15, 0.2) is 24.3 Å². The summed E-state index contributed by atoms with van der Waals surface area (Å²) in [7, 11) is 0. The fourth-order valence-electron chi connectivity index (χ4n) is 5.83. The van der Waals surface area contributed by atoms with Crippen LogP contribution in [0.2, 0.25) is 0 Å². The molecule has 0 spiro atoms. The molecule has 1 aromatic rings. The maximum atomic E-state index is 13.1. The Morgan fingerprint density at radius 1 is 0.843 bits per heavy atom. The van der Waals surface area contributed by atoms with E-state index in [0.717, 1.165) is 31.2 Å². The van der Waals surface area contributed by atoms with Crippen molar-refractivity contribution in [3.8, 4) is 11.8 Å². The second kappa shape index (κ2) is 22.6. The Bertz CT molecular complexity index is 1320. The van der Waals surface area contributed by atoms with Gasteiger partial charge in [0, 0.05) is 37.4 Å². The first-order valence-corrected chi connectivity index (χ1v) is 17.7. The molecule has 1 fully saturated rings. The van der Waals surface area contributed by atoms with Crippen molar-refractivity contribution >= 4 is 35.5 Å². The highest BCUT2D eigenvalue weighted by molar-refractivity contribution is 5.97. The molecule has 0 aliphatic heterocycles. The number of carbonyl (C=O) groups is 5. The summed E-state index contributed by atoms with van der Waals surface area (Å²) in [5.74, 6) is 6.01. The number of anilines is 1. The Kier molecular flexibility index (Phi) is 18.3. The smallest absolute Gasteiger partial charge is 0.407 e. The van der Waals surface area contributed by atoms with Crippen molar-refractivity contribution in [2.45, 2.75) is 72.4 Å². The van der Waals surface area contributed by atoms with Crippen LogP contribution in [0.1, 0.15) is 65.4 Å². The average Bonchev–Trinajstić information content (AvgIpc) is 3.74. The van der Waals surface area contributed by atoms with Crippen molar-refractivity contribution in [2.24, 2.45) is 29.6 Å². The van der Waals surface area contributed by atoms with Gasteiger partial charge in [-0.2, -0.15) is 0 Å². The summed E-state index contributed by atoms with van der Waals surface area (Å²) >= 11 is 0. The van der Waals surface area contributed by atoms with E-state index in [1.807, 2.05) is 0 Å². The summed E-state index contributed by atoms with van der Waals surface area (Å²) in [4.78, 5) is 61.6. The number of nitrogens with one attached hydrogen (secondary N) is 3. The molecular weight excluding hydrogens is 662 g/mol. The Hall–Kier alpha value is -4.19. The summed E-state index contributed by atoms with van der Waals surface area (Å²) in [6.45, 7) is 8.16. The van der Waals surface area contributed by atoms with E-state index in [1.165, 1.54) is 0 Å². The molecule has 5 atom stereocenters. The van der Waals surface area contributed by atoms with Gasteiger partial charge in [0.2, 0.25) is 5.91 Å². The van der Waals surface area contributed by atoms with Crippen LogP contribution < -0.4 is 16.0 Å². The van der Waals surface area contributed by atoms with Crippen molar-refractivity contribution in [1.82, 2.24) is 10.6 Å². The first-order valence-electron chi connectivity index (χ1n) is 17.7. The number of ketones is 1. The number of hydrogen-bond donors (Lipinski definition) is 3. The highest BCUT2D eigenvalue weighted by atomic mass is 16.7. The minimum atomic E-state index is -0.841. The zero-order valence-corrected chi connectivity index (χ0v) is 30.2. The first kappa shape index (κ1) is 41.2. The molecule has 282 valence electrons. The van der Waals surface area contributed by atoms with Crippen LogP contribution in [-0.4, -0.2) is 88.9 Å². The standard InChI is InChI=1S/C37H53N3O11/c1-5-49-33(42)23-48-24-47-21-27-12-14-28(15-13-27)39-35(43)26(4)20-32(41)34(25(2)3)40-37(45)50-19-18-46-17-16-38-36(44)51-22-31-29-10-8-6-7-9-11-30(29)31/h12-15,25-26,29-31,34H,5,8-11,16-24H2,1-4H3,(H,38,44)(H,39,43)(H,40,45)/t26-,29-,30+,31?,34+/m1/s1. The lowest BCUT2D eigenvalue weighted by atomic mass is 9.93. The Morgan fingerprint density at radius 2 is 1.55 bits per heavy atom. The normalized spacial score (nSPS) is 18.7. The van der Waals surface area contributed by atoms with Gasteiger partial charge in [-0.25, -0.2) is 14.4 Å². The molecule has 2 aliphatic carbocycles. The zero-order chi connectivity index (χ0) is 37.0. The van der Waals surface area contributed by atoms with E-state index in [0.29, 0.717) is 30.0 Å². The maximum Gasteiger partial charge on any atom is 0.407 e. The zero-order valence-electron chi connectivity index (χ0n) is 30.2. The molecule has 51 heavy (non-hydrogen) atoms. The molecule has 3 rings (SSSR count). The van der Waals surface area contributed by atoms with E-state index in [1.54, 1.807) is 52.0 Å². The SMILES string of the molecule is CCOC(=O)COCOCc1ccc(NC(=O)[C@H](C)CC(=O)[C@@H](NC(=O)OCCOCCNC(=O)OCC2[C@H]3CCC#CCC[C@@H]23)C(C)C)cc1. The minimum Gasteiger partial charge on any atom is -0.464 e. The monoisotopic (exact) mass is 715 g/mol. The van der Waals surface area contributed by atoms with Gasteiger partial charge in [-0.05, 0) is 61.1 Å². The topological polar surface area (TPSA) is 177 Å². The van der Waals surface area contributed by atoms with Crippen LogP contribution >= 0.6 is 0 Å². The molecule has 2 aliphatic rings. The molecule has 1 unspecified atom stereocenters. The van der Waals surface area contributed by atoms with Gasteiger partial charge in [0.05, 0.1) is 39.1 Å². The Labute approximate surface area is 300 Å². The van der Waals surface area contributed by atoms with Crippen LogP contribution in [0.5, 0.6) is 0 Å². The van der Waals surface area contributed by atoms with E-state index in [2.05, 4.69) is 27.8 Å². The first-order chi connectivity index (χ1) is 24.6. The lowest BCUT2D eigenvalue weighted by Crippen LogP contribution is -2.45. The van der Waals surface area contributed by atoms with Gasteiger partial charge in [-0.15, -0.1) is 11.8 Å². The van der Waals surface area contributed by atoms with Crippen molar-refractivity contribution in [2.75, 3.05) is 58.3 Å². The van der Waals surface area contributed by atoms with Gasteiger partial charge >= 0.3 is 18.2 Å². The minimum absolute atomic E-state index is 0.0452. The number of esters is 1.